The van der Waals surface area contributed by atoms with Crippen LogP contribution < -0.4 is 15.8 Å². The lowest BCUT2D eigenvalue weighted by molar-refractivity contribution is -0.00860. The molecule has 0 unspecified atom stereocenters. The number of hydrogen-bond acceptors (Lipinski definition) is 8. The lowest BCUT2D eigenvalue weighted by atomic mass is 10.2. The molecule has 0 spiro atoms. The van der Waals surface area contributed by atoms with E-state index in [9.17, 15) is 19.4 Å². The molecule has 4 rings (SSSR count). The van der Waals surface area contributed by atoms with Crippen molar-refractivity contribution in [3.05, 3.63) is 40.8 Å². The molecule has 0 radical (unpaired) electrons. The number of nitrogens with one attached hydrogen (secondary N) is 1. The number of fused-ring (bicyclic) bond motifs is 1. The van der Waals surface area contributed by atoms with Crippen molar-refractivity contribution in [2.75, 3.05) is 5.32 Å². The average Bonchev–Trinajstić information content (AvgIpc) is 3.19. The second kappa shape index (κ2) is 7.54. The van der Waals surface area contributed by atoms with Crippen LogP contribution in [0.1, 0.15) is 28.1 Å². The van der Waals surface area contributed by atoms with Crippen molar-refractivity contribution in [1.82, 2.24) is 9.97 Å². The van der Waals surface area contributed by atoms with Crippen LogP contribution in [0.3, 0.4) is 0 Å². The Morgan fingerprint density at radius 3 is 2.83 bits per heavy atom. The number of rotatable bonds is 5. The van der Waals surface area contributed by atoms with Crippen molar-refractivity contribution < 1.29 is 24.1 Å². The maximum atomic E-state index is 13.8. The lowest BCUT2D eigenvalue weighted by Crippen LogP contribution is -2.32. The van der Waals surface area contributed by atoms with Crippen LogP contribution >= 0.6 is 11.3 Å². The molecule has 1 aliphatic carbocycles. The molecule has 3 atom stereocenters. The molecule has 1 fully saturated rings. The third-order valence-corrected chi connectivity index (χ3v) is 6.16. The van der Waals surface area contributed by atoms with Gasteiger partial charge in [-0.1, -0.05) is 0 Å². The van der Waals surface area contributed by atoms with E-state index in [0.29, 0.717) is 45.0 Å². The summed E-state index contributed by atoms with van der Waals surface area (Å²) in [5.74, 6) is -0.456. The monoisotopic (exact) mass is 418 g/mol. The molecule has 29 heavy (non-hydrogen) atoms. The predicted octanol–water partition coefficient (Wildman–Crippen LogP) is 2.24. The van der Waals surface area contributed by atoms with Crippen molar-refractivity contribution in [2.24, 2.45) is 5.73 Å². The Kier molecular flexibility index (Phi) is 5.07. The van der Waals surface area contributed by atoms with E-state index in [2.05, 4.69) is 15.3 Å². The Balaban J connectivity index is 1.71. The first-order valence-electron chi connectivity index (χ1n) is 8.98. The van der Waals surface area contributed by atoms with Gasteiger partial charge in [-0.25, -0.2) is 14.4 Å². The molecule has 1 saturated carbocycles. The minimum atomic E-state index is -1.05. The van der Waals surface area contributed by atoms with Gasteiger partial charge in [-0.05, 0) is 37.5 Å². The number of thiophene rings is 1. The predicted molar refractivity (Wildman–Crippen MR) is 106 cm³/mol. The standard InChI is InChI=1S/C19H19FN4O4S/c1-8-14-18(22-7-23-19(14)29-16(8)17(21)27)24-10-3-2-9(20)6-13(10)28-12-5-4-11(25)15(12)26/h2-3,6-7,11-12,15,25-26H,4-5H2,1H3,(H2,21,27)(H,22,23,24)/t11-,12+,15-/m0/s1. The van der Waals surface area contributed by atoms with Crippen LogP contribution in [0.15, 0.2) is 24.5 Å². The number of anilines is 2. The summed E-state index contributed by atoms with van der Waals surface area (Å²) in [5.41, 5.74) is 6.51. The maximum Gasteiger partial charge on any atom is 0.259 e. The fraction of sp³-hybridized carbons (Fsp3) is 0.316. The second-order valence-electron chi connectivity index (χ2n) is 6.88. The van der Waals surface area contributed by atoms with E-state index in [4.69, 9.17) is 10.5 Å². The SMILES string of the molecule is Cc1c(C(N)=O)sc2ncnc(Nc3ccc(F)cc3O[C@@H]3CC[C@H](O)[C@@H]3O)c12. The van der Waals surface area contributed by atoms with E-state index in [1.54, 1.807) is 6.92 Å². The summed E-state index contributed by atoms with van der Waals surface area (Å²) in [4.78, 5) is 21.1. The number of nitrogens with two attached hydrogens (primary N) is 1. The lowest BCUT2D eigenvalue weighted by Gasteiger charge is -2.21. The van der Waals surface area contributed by atoms with Crippen molar-refractivity contribution in [3.8, 4) is 5.75 Å². The Morgan fingerprint density at radius 2 is 2.14 bits per heavy atom. The number of aliphatic hydroxyl groups excluding tert-OH is 2. The van der Waals surface area contributed by atoms with Crippen LogP contribution in [-0.4, -0.2) is 44.4 Å². The molecule has 10 heteroatoms. The minimum absolute atomic E-state index is 0.179. The first-order chi connectivity index (χ1) is 13.8. The van der Waals surface area contributed by atoms with E-state index in [0.717, 1.165) is 0 Å². The zero-order valence-corrected chi connectivity index (χ0v) is 16.2. The third-order valence-electron chi connectivity index (χ3n) is 4.95. The van der Waals surface area contributed by atoms with Crippen molar-refractivity contribution in [3.63, 3.8) is 0 Å². The van der Waals surface area contributed by atoms with Crippen LogP contribution in [-0.2, 0) is 0 Å². The number of carbonyl (C=O) groups excluding carboxylic acids is 1. The van der Waals surface area contributed by atoms with Gasteiger partial charge in [0.15, 0.2) is 0 Å². The van der Waals surface area contributed by atoms with Gasteiger partial charge in [-0.2, -0.15) is 0 Å². The average molecular weight is 418 g/mol. The normalized spacial score (nSPS) is 21.4. The van der Waals surface area contributed by atoms with E-state index >= 15 is 0 Å². The molecule has 152 valence electrons. The Hall–Kier alpha value is -2.82. The smallest absolute Gasteiger partial charge is 0.259 e. The summed E-state index contributed by atoms with van der Waals surface area (Å²) in [5, 5.41) is 23.5. The number of halogens is 1. The van der Waals surface area contributed by atoms with Gasteiger partial charge >= 0.3 is 0 Å². The van der Waals surface area contributed by atoms with Crippen LogP contribution in [0.25, 0.3) is 10.2 Å². The molecule has 8 nitrogen and oxygen atoms in total. The highest BCUT2D eigenvalue weighted by atomic mass is 32.1. The highest BCUT2D eigenvalue weighted by molar-refractivity contribution is 7.20. The number of aliphatic hydroxyl groups is 2. The minimum Gasteiger partial charge on any atom is -0.485 e. The number of aryl methyl sites for hydroxylation is 1. The number of amides is 1. The van der Waals surface area contributed by atoms with E-state index in [-0.39, 0.29) is 5.75 Å². The van der Waals surface area contributed by atoms with Crippen LogP contribution in [0.2, 0.25) is 0 Å². The molecule has 2 heterocycles. The molecule has 1 amide bonds. The number of carbonyl (C=O) groups is 1. The fourth-order valence-electron chi connectivity index (χ4n) is 3.44. The highest BCUT2D eigenvalue weighted by Gasteiger charge is 2.35. The van der Waals surface area contributed by atoms with Gasteiger partial charge in [-0.15, -0.1) is 11.3 Å². The number of benzene rings is 1. The van der Waals surface area contributed by atoms with E-state index in [1.807, 2.05) is 0 Å². The Morgan fingerprint density at radius 1 is 1.34 bits per heavy atom. The van der Waals surface area contributed by atoms with Gasteiger partial charge in [0.25, 0.3) is 5.91 Å². The summed E-state index contributed by atoms with van der Waals surface area (Å²) in [7, 11) is 0. The first kappa shape index (κ1) is 19.5. The largest absolute Gasteiger partial charge is 0.485 e. The highest BCUT2D eigenvalue weighted by Crippen LogP contribution is 2.37. The fourth-order valence-corrected chi connectivity index (χ4v) is 4.44. The second-order valence-corrected chi connectivity index (χ2v) is 7.88. The van der Waals surface area contributed by atoms with E-state index < -0.39 is 30.0 Å². The summed E-state index contributed by atoms with van der Waals surface area (Å²) >= 11 is 1.17. The Bertz CT molecular complexity index is 1090. The summed E-state index contributed by atoms with van der Waals surface area (Å²) in [6, 6.07) is 3.96. The number of primary amides is 1. The van der Waals surface area contributed by atoms with Crippen molar-refractivity contribution in [1.29, 1.82) is 0 Å². The zero-order chi connectivity index (χ0) is 20.7. The molecule has 2 aromatic heterocycles. The van der Waals surface area contributed by atoms with E-state index in [1.165, 1.54) is 35.9 Å². The number of ether oxygens (including phenoxy) is 1. The molecule has 0 aliphatic heterocycles. The molecular weight excluding hydrogens is 399 g/mol. The molecular formula is C19H19FN4O4S. The van der Waals surface area contributed by atoms with Gasteiger partial charge in [0, 0.05) is 6.07 Å². The molecule has 3 aromatic rings. The number of hydrogen-bond donors (Lipinski definition) is 4. The van der Waals surface area contributed by atoms with Crippen LogP contribution in [0, 0.1) is 12.7 Å². The molecule has 1 aromatic carbocycles. The van der Waals surface area contributed by atoms with Crippen LogP contribution in [0.4, 0.5) is 15.9 Å². The van der Waals surface area contributed by atoms with Gasteiger partial charge in [0.2, 0.25) is 0 Å². The summed E-state index contributed by atoms with van der Waals surface area (Å²) in [6.45, 7) is 1.76. The molecule has 1 aliphatic rings. The summed E-state index contributed by atoms with van der Waals surface area (Å²) in [6.07, 6.45) is -0.363. The molecule has 0 bridgehead atoms. The van der Waals surface area contributed by atoms with Gasteiger partial charge < -0.3 is 26.0 Å². The zero-order valence-electron chi connectivity index (χ0n) is 15.4. The van der Waals surface area contributed by atoms with Gasteiger partial charge in [0.05, 0.1) is 22.1 Å². The van der Waals surface area contributed by atoms with Crippen molar-refractivity contribution in [2.45, 2.75) is 38.1 Å². The number of aromatic nitrogens is 2. The molecule has 0 saturated heterocycles. The quantitative estimate of drug-likeness (QED) is 0.500. The van der Waals surface area contributed by atoms with Crippen LogP contribution in [0.5, 0.6) is 5.75 Å². The van der Waals surface area contributed by atoms with Crippen molar-refractivity contribution >= 4 is 39.0 Å². The van der Waals surface area contributed by atoms with Gasteiger partial charge in [-0.3, -0.25) is 4.79 Å². The van der Waals surface area contributed by atoms with Gasteiger partial charge in [0.1, 0.15) is 40.8 Å². The molecule has 5 N–H and O–H groups in total. The first-order valence-corrected chi connectivity index (χ1v) is 9.80. The third kappa shape index (κ3) is 3.61. The number of nitrogens with zero attached hydrogens (tertiary/aromatic N) is 2. The summed E-state index contributed by atoms with van der Waals surface area (Å²) < 4.78 is 19.6. The maximum absolute atomic E-state index is 13.8. The topological polar surface area (TPSA) is 131 Å². The Labute approximate surface area is 169 Å².